The number of anilines is 1. The minimum atomic E-state index is -0.495. The Morgan fingerprint density at radius 2 is 2.08 bits per heavy atom. The topological polar surface area (TPSA) is 91.4 Å². The number of carbonyl (C=O) groups excluding carboxylic acids is 1. The third-order valence-electron chi connectivity index (χ3n) is 4.76. The molecular weight excluding hydrogens is 322 g/mol. The van der Waals surface area contributed by atoms with Gasteiger partial charge < -0.3 is 14.6 Å². The highest BCUT2D eigenvalue weighted by molar-refractivity contribution is 5.76. The number of fused-ring (bicyclic) bond motifs is 1. The van der Waals surface area contributed by atoms with Gasteiger partial charge in [-0.2, -0.15) is 0 Å². The van der Waals surface area contributed by atoms with Crippen LogP contribution in [0.3, 0.4) is 0 Å². The summed E-state index contributed by atoms with van der Waals surface area (Å²) < 4.78 is 5.49. The first-order valence-electron chi connectivity index (χ1n) is 8.38. The predicted molar refractivity (Wildman–Crippen MR) is 92.7 cm³/mol. The fourth-order valence-electron chi connectivity index (χ4n) is 3.41. The number of aromatic amines is 1. The molecule has 4 rings (SSSR count). The minimum Gasteiger partial charge on any atom is -0.444 e. The molecule has 0 atom stereocenters. The molecule has 2 aromatic heterocycles. The van der Waals surface area contributed by atoms with Crippen LogP contribution in [-0.2, 0) is 4.74 Å². The molecule has 1 N–H and O–H groups in total. The van der Waals surface area contributed by atoms with Gasteiger partial charge in [0.1, 0.15) is 11.4 Å². The lowest BCUT2D eigenvalue weighted by Crippen LogP contribution is -2.78. The van der Waals surface area contributed by atoms with Crippen LogP contribution in [0.15, 0.2) is 23.3 Å². The summed E-state index contributed by atoms with van der Waals surface area (Å²) in [6, 6.07) is 3.66. The first kappa shape index (κ1) is 15.9. The molecule has 0 unspecified atom stereocenters. The number of hydrogen-bond donors (Lipinski definition) is 1. The number of nitrogens with zero attached hydrogens (tertiary/aromatic N) is 4. The quantitative estimate of drug-likeness (QED) is 0.844. The number of pyridine rings is 1. The molecule has 4 heterocycles. The Kier molecular flexibility index (Phi) is 3.28. The molecule has 2 fully saturated rings. The molecular formula is C17H21N5O3. The van der Waals surface area contributed by atoms with E-state index in [4.69, 9.17) is 4.74 Å². The molecule has 2 aliphatic heterocycles. The zero-order valence-corrected chi connectivity index (χ0v) is 14.6. The molecule has 25 heavy (non-hydrogen) atoms. The van der Waals surface area contributed by atoms with Crippen molar-refractivity contribution >= 4 is 22.9 Å². The Morgan fingerprint density at radius 3 is 2.72 bits per heavy atom. The molecule has 132 valence electrons. The highest BCUT2D eigenvalue weighted by Gasteiger charge is 2.56. The van der Waals surface area contributed by atoms with E-state index in [9.17, 15) is 9.59 Å². The van der Waals surface area contributed by atoms with Gasteiger partial charge in [-0.25, -0.2) is 14.8 Å². The van der Waals surface area contributed by atoms with Gasteiger partial charge in [-0.05, 0) is 39.3 Å². The SMILES string of the molecule is CC(C)(C)OC(=O)N1CCC12CN(c1ccc3nc[nH]c(=O)c3n1)C2. The Labute approximate surface area is 144 Å². The van der Waals surface area contributed by atoms with Crippen LogP contribution in [0.5, 0.6) is 0 Å². The third-order valence-corrected chi connectivity index (χ3v) is 4.76. The largest absolute Gasteiger partial charge is 0.444 e. The molecule has 2 aliphatic rings. The molecule has 1 amide bonds. The molecule has 0 aromatic carbocycles. The second-order valence-electron chi connectivity index (χ2n) is 7.73. The van der Waals surface area contributed by atoms with Gasteiger partial charge in [-0.3, -0.25) is 9.69 Å². The summed E-state index contributed by atoms with van der Waals surface area (Å²) in [7, 11) is 0. The van der Waals surface area contributed by atoms with Crippen molar-refractivity contribution in [2.24, 2.45) is 0 Å². The average Bonchev–Trinajstić information content (AvgIpc) is 2.43. The second-order valence-corrected chi connectivity index (χ2v) is 7.73. The van der Waals surface area contributed by atoms with Crippen molar-refractivity contribution < 1.29 is 9.53 Å². The molecule has 0 aliphatic carbocycles. The van der Waals surface area contributed by atoms with E-state index in [1.807, 2.05) is 31.7 Å². The van der Waals surface area contributed by atoms with Crippen LogP contribution in [0.4, 0.5) is 10.6 Å². The molecule has 1 spiro atoms. The number of rotatable bonds is 1. The van der Waals surface area contributed by atoms with E-state index in [2.05, 4.69) is 19.9 Å². The van der Waals surface area contributed by atoms with Crippen LogP contribution in [0.1, 0.15) is 27.2 Å². The van der Waals surface area contributed by atoms with E-state index >= 15 is 0 Å². The lowest BCUT2D eigenvalue weighted by molar-refractivity contribution is -0.0562. The van der Waals surface area contributed by atoms with Gasteiger partial charge in [0.2, 0.25) is 0 Å². The smallest absolute Gasteiger partial charge is 0.410 e. The number of H-pyrrole nitrogens is 1. The second kappa shape index (κ2) is 5.18. The van der Waals surface area contributed by atoms with E-state index in [-0.39, 0.29) is 17.2 Å². The van der Waals surface area contributed by atoms with Gasteiger partial charge >= 0.3 is 6.09 Å². The molecule has 8 heteroatoms. The molecule has 2 aromatic rings. The Morgan fingerprint density at radius 1 is 1.32 bits per heavy atom. The first-order chi connectivity index (χ1) is 11.8. The summed E-state index contributed by atoms with van der Waals surface area (Å²) >= 11 is 0. The predicted octanol–water partition coefficient (Wildman–Crippen LogP) is 1.52. The third kappa shape index (κ3) is 2.61. The summed E-state index contributed by atoms with van der Waals surface area (Å²) in [5.74, 6) is 0.729. The van der Waals surface area contributed by atoms with Crippen molar-refractivity contribution in [1.29, 1.82) is 0 Å². The number of nitrogens with one attached hydrogen (secondary N) is 1. The van der Waals surface area contributed by atoms with Gasteiger partial charge in [-0.1, -0.05) is 0 Å². The minimum absolute atomic E-state index is 0.166. The number of amides is 1. The maximum absolute atomic E-state index is 12.3. The normalized spacial score (nSPS) is 18.8. The van der Waals surface area contributed by atoms with Crippen molar-refractivity contribution in [3.8, 4) is 0 Å². The van der Waals surface area contributed by atoms with Crippen molar-refractivity contribution in [2.75, 3.05) is 24.5 Å². The molecule has 2 saturated heterocycles. The van der Waals surface area contributed by atoms with Crippen LogP contribution in [0, 0.1) is 0 Å². The summed E-state index contributed by atoms with van der Waals surface area (Å²) in [6.45, 7) is 7.72. The fraction of sp³-hybridized carbons (Fsp3) is 0.529. The lowest BCUT2D eigenvalue weighted by atomic mass is 9.78. The number of likely N-dealkylation sites (tertiary alicyclic amines) is 1. The number of carbonyl (C=O) groups is 1. The molecule has 0 radical (unpaired) electrons. The van der Waals surface area contributed by atoms with E-state index in [0.29, 0.717) is 24.1 Å². The highest BCUT2D eigenvalue weighted by Crippen LogP contribution is 2.41. The maximum atomic E-state index is 12.3. The zero-order chi connectivity index (χ0) is 17.8. The summed E-state index contributed by atoms with van der Waals surface area (Å²) in [5, 5.41) is 0. The van der Waals surface area contributed by atoms with E-state index in [1.165, 1.54) is 6.33 Å². The molecule has 0 saturated carbocycles. The molecule has 0 bridgehead atoms. The van der Waals surface area contributed by atoms with Gasteiger partial charge in [0.05, 0.1) is 17.4 Å². The number of hydrogen-bond acceptors (Lipinski definition) is 6. The monoisotopic (exact) mass is 343 g/mol. The average molecular weight is 343 g/mol. The van der Waals surface area contributed by atoms with Crippen molar-refractivity contribution in [3.05, 3.63) is 28.8 Å². The Bertz CT molecular complexity index is 895. The zero-order valence-electron chi connectivity index (χ0n) is 14.6. The van der Waals surface area contributed by atoms with Crippen molar-refractivity contribution in [3.63, 3.8) is 0 Å². The first-order valence-corrected chi connectivity index (χ1v) is 8.38. The summed E-state index contributed by atoms with van der Waals surface area (Å²) in [5.41, 5.74) is -0.00705. The Hall–Kier alpha value is -2.64. The van der Waals surface area contributed by atoms with E-state index < -0.39 is 5.60 Å². The number of aromatic nitrogens is 3. The molecule has 8 nitrogen and oxygen atoms in total. The van der Waals surface area contributed by atoms with Gasteiger partial charge in [0.15, 0.2) is 5.52 Å². The summed E-state index contributed by atoms with van der Waals surface area (Å²) in [6.07, 6.45) is 2.07. The fourth-order valence-corrected chi connectivity index (χ4v) is 3.41. The van der Waals surface area contributed by atoms with Gasteiger partial charge in [0.25, 0.3) is 5.56 Å². The van der Waals surface area contributed by atoms with Crippen LogP contribution >= 0.6 is 0 Å². The van der Waals surface area contributed by atoms with Crippen LogP contribution in [0.2, 0.25) is 0 Å². The Balaban J connectivity index is 1.49. The van der Waals surface area contributed by atoms with Crippen molar-refractivity contribution in [1.82, 2.24) is 19.9 Å². The summed E-state index contributed by atoms with van der Waals surface area (Å²) in [4.78, 5) is 39.2. The maximum Gasteiger partial charge on any atom is 0.410 e. The van der Waals surface area contributed by atoms with Crippen LogP contribution in [-0.4, -0.2) is 56.7 Å². The van der Waals surface area contributed by atoms with E-state index in [1.54, 1.807) is 6.07 Å². The highest BCUT2D eigenvalue weighted by atomic mass is 16.6. The van der Waals surface area contributed by atoms with Crippen LogP contribution < -0.4 is 10.5 Å². The lowest BCUT2D eigenvalue weighted by Gasteiger charge is -2.62. The van der Waals surface area contributed by atoms with Crippen molar-refractivity contribution in [2.45, 2.75) is 38.3 Å². The standard InChI is InChI=1S/C17H21N5O3/c1-16(2,3)25-15(24)22-7-6-17(22)8-21(9-17)12-5-4-11-13(20-12)14(23)19-10-18-11/h4-5,10H,6-9H2,1-3H3,(H,18,19,23). The van der Waals surface area contributed by atoms with Crippen LogP contribution in [0.25, 0.3) is 11.0 Å². The van der Waals surface area contributed by atoms with E-state index in [0.717, 1.165) is 18.8 Å². The number of ether oxygens (including phenoxy) is 1. The van der Waals surface area contributed by atoms with Gasteiger partial charge in [-0.15, -0.1) is 0 Å². The van der Waals surface area contributed by atoms with Gasteiger partial charge in [0, 0.05) is 19.6 Å².